The molecule has 0 unspecified atom stereocenters. The summed E-state index contributed by atoms with van der Waals surface area (Å²) in [6.07, 6.45) is 3.42. The standard InChI is InChI=1S/C10H16ClN3/c1-3-12-6-7-14(2)10-4-5-13-8-9(10)11/h4-5,8,12H,3,6-7H2,1-2H3. The summed E-state index contributed by atoms with van der Waals surface area (Å²) < 4.78 is 0. The first kappa shape index (κ1) is 11.3. The normalized spacial score (nSPS) is 10.2. The number of rotatable bonds is 5. The number of aromatic nitrogens is 1. The van der Waals surface area contributed by atoms with Crippen LogP contribution >= 0.6 is 11.6 Å². The van der Waals surface area contributed by atoms with Crippen molar-refractivity contribution in [1.29, 1.82) is 0 Å². The molecule has 0 aromatic carbocycles. The Hall–Kier alpha value is -0.800. The molecule has 3 nitrogen and oxygen atoms in total. The third-order valence-corrected chi connectivity index (χ3v) is 2.33. The van der Waals surface area contributed by atoms with Crippen molar-refractivity contribution in [1.82, 2.24) is 10.3 Å². The smallest absolute Gasteiger partial charge is 0.0822 e. The molecule has 0 bridgehead atoms. The van der Waals surface area contributed by atoms with Crippen molar-refractivity contribution >= 4 is 17.3 Å². The highest BCUT2D eigenvalue weighted by molar-refractivity contribution is 6.33. The lowest BCUT2D eigenvalue weighted by Crippen LogP contribution is -2.29. The molecule has 1 N–H and O–H groups in total. The van der Waals surface area contributed by atoms with Gasteiger partial charge in [0.05, 0.1) is 10.7 Å². The maximum Gasteiger partial charge on any atom is 0.0822 e. The van der Waals surface area contributed by atoms with Crippen molar-refractivity contribution in [2.45, 2.75) is 6.92 Å². The number of nitrogens with one attached hydrogen (secondary N) is 1. The van der Waals surface area contributed by atoms with Crippen LogP contribution in [0.2, 0.25) is 5.02 Å². The molecule has 0 saturated carbocycles. The predicted octanol–water partition coefficient (Wildman–Crippen LogP) is 1.78. The zero-order chi connectivity index (χ0) is 10.4. The Morgan fingerprint density at radius 2 is 2.36 bits per heavy atom. The van der Waals surface area contributed by atoms with Gasteiger partial charge in [0.1, 0.15) is 0 Å². The summed E-state index contributed by atoms with van der Waals surface area (Å²) in [6, 6.07) is 1.92. The Kier molecular flexibility index (Phi) is 4.70. The fraction of sp³-hybridized carbons (Fsp3) is 0.500. The van der Waals surface area contributed by atoms with Crippen LogP contribution < -0.4 is 10.2 Å². The van der Waals surface area contributed by atoms with E-state index in [0.29, 0.717) is 5.02 Å². The average Bonchev–Trinajstić information content (AvgIpc) is 2.18. The Bertz CT molecular complexity index is 278. The molecule has 1 aromatic rings. The highest BCUT2D eigenvalue weighted by atomic mass is 35.5. The van der Waals surface area contributed by atoms with Crippen LogP contribution in [-0.4, -0.2) is 31.7 Å². The van der Waals surface area contributed by atoms with Crippen molar-refractivity contribution in [2.75, 3.05) is 31.6 Å². The van der Waals surface area contributed by atoms with E-state index in [1.165, 1.54) is 0 Å². The van der Waals surface area contributed by atoms with Crippen LogP contribution in [0.4, 0.5) is 5.69 Å². The molecule has 1 heterocycles. The molecule has 0 atom stereocenters. The Morgan fingerprint density at radius 1 is 1.57 bits per heavy atom. The molecule has 78 valence electrons. The molecule has 0 aliphatic heterocycles. The van der Waals surface area contributed by atoms with Gasteiger partial charge in [-0.1, -0.05) is 18.5 Å². The summed E-state index contributed by atoms with van der Waals surface area (Å²) in [6.45, 7) is 5.00. The van der Waals surface area contributed by atoms with E-state index < -0.39 is 0 Å². The van der Waals surface area contributed by atoms with Gasteiger partial charge in [-0.3, -0.25) is 4.98 Å². The highest BCUT2D eigenvalue weighted by Gasteiger charge is 2.04. The Morgan fingerprint density at radius 3 is 3.00 bits per heavy atom. The molecule has 14 heavy (non-hydrogen) atoms. The molecular formula is C10H16ClN3. The van der Waals surface area contributed by atoms with Crippen molar-refractivity contribution in [3.05, 3.63) is 23.5 Å². The van der Waals surface area contributed by atoms with Crippen LogP contribution in [0.1, 0.15) is 6.92 Å². The maximum absolute atomic E-state index is 6.01. The van der Waals surface area contributed by atoms with E-state index in [2.05, 4.69) is 22.1 Å². The highest BCUT2D eigenvalue weighted by Crippen LogP contribution is 2.22. The van der Waals surface area contributed by atoms with Crippen LogP contribution in [-0.2, 0) is 0 Å². The third kappa shape index (κ3) is 3.16. The van der Waals surface area contributed by atoms with E-state index in [0.717, 1.165) is 25.3 Å². The van der Waals surface area contributed by atoms with Crippen LogP contribution in [0.3, 0.4) is 0 Å². The quantitative estimate of drug-likeness (QED) is 0.756. The first-order chi connectivity index (χ1) is 6.75. The minimum atomic E-state index is 0.700. The number of nitrogens with zero attached hydrogens (tertiary/aromatic N) is 2. The van der Waals surface area contributed by atoms with Crippen molar-refractivity contribution in [3.63, 3.8) is 0 Å². The van der Waals surface area contributed by atoms with E-state index in [1.54, 1.807) is 12.4 Å². The number of hydrogen-bond donors (Lipinski definition) is 1. The van der Waals surface area contributed by atoms with Crippen molar-refractivity contribution < 1.29 is 0 Å². The van der Waals surface area contributed by atoms with Gasteiger partial charge >= 0.3 is 0 Å². The summed E-state index contributed by atoms with van der Waals surface area (Å²) >= 11 is 6.01. The van der Waals surface area contributed by atoms with Gasteiger partial charge in [0.25, 0.3) is 0 Å². The van der Waals surface area contributed by atoms with Crippen molar-refractivity contribution in [3.8, 4) is 0 Å². The number of anilines is 1. The molecule has 0 radical (unpaired) electrons. The summed E-state index contributed by atoms with van der Waals surface area (Å²) in [4.78, 5) is 6.07. The lowest BCUT2D eigenvalue weighted by molar-refractivity contribution is 0.706. The third-order valence-electron chi connectivity index (χ3n) is 2.04. The van der Waals surface area contributed by atoms with Gasteiger partial charge in [-0.25, -0.2) is 0 Å². The van der Waals surface area contributed by atoms with E-state index >= 15 is 0 Å². The number of likely N-dealkylation sites (N-methyl/N-ethyl adjacent to an activating group) is 2. The first-order valence-corrected chi connectivity index (χ1v) is 5.15. The second kappa shape index (κ2) is 5.83. The van der Waals surface area contributed by atoms with Crippen molar-refractivity contribution in [2.24, 2.45) is 0 Å². The molecule has 1 rings (SSSR count). The number of pyridine rings is 1. The molecule has 0 aliphatic rings. The van der Waals surface area contributed by atoms with E-state index in [1.807, 2.05) is 13.1 Å². The Labute approximate surface area is 90.1 Å². The fourth-order valence-electron chi connectivity index (χ4n) is 1.22. The van der Waals surface area contributed by atoms with E-state index in [4.69, 9.17) is 11.6 Å². The topological polar surface area (TPSA) is 28.2 Å². The van der Waals surface area contributed by atoms with Crippen LogP contribution in [0, 0.1) is 0 Å². The predicted molar refractivity (Wildman–Crippen MR) is 61.1 cm³/mol. The van der Waals surface area contributed by atoms with Crippen LogP contribution in [0.25, 0.3) is 0 Å². The average molecular weight is 214 g/mol. The van der Waals surface area contributed by atoms with Gasteiger partial charge in [-0.2, -0.15) is 0 Å². The molecule has 0 aliphatic carbocycles. The first-order valence-electron chi connectivity index (χ1n) is 4.77. The van der Waals surface area contributed by atoms with E-state index in [9.17, 15) is 0 Å². The molecule has 0 amide bonds. The lowest BCUT2D eigenvalue weighted by atomic mass is 10.3. The molecule has 0 fully saturated rings. The number of hydrogen-bond acceptors (Lipinski definition) is 3. The zero-order valence-corrected chi connectivity index (χ0v) is 9.38. The van der Waals surface area contributed by atoms with Crippen LogP contribution in [0.15, 0.2) is 18.5 Å². The monoisotopic (exact) mass is 213 g/mol. The maximum atomic E-state index is 6.01. The van der Waals surface area contributed by atoms with Gasteiger partial charge < -0.3 is 10.2 Å². The molecule has 4 heteroatoms. The summed E-state index contributed by atoms with van der Waals surface area (Å²) in [5, 5.41) is 3.97. The second-order valence-electron chi connectivity index (χ2n) is 3.10. The largest absolute Gasteiger partial charge is 0.372 e. The zero-order valence-electron chi connectivity index (χ0n) is 8.63. The minimum absolute atomic E-state index is 0.700. The van der Waals surface area contributed by atoms with Gasteiger partial charge in [-0.15, -0.1) is 0 Å². The lowest BCUT2D eigenvalue weighted by Gasteiger charge is -2.20. The fourth-order valence-corrected chi connectivity index (χ4v) is 1.49. The molecule has 1 aromatic heterocycles. The van der Waals surface area contributed by atoms with E-state index in [-0.39, 0.29) is 0 Å². The Balaban J connectivity index is 2.51. The summed E-state index contributed by atoms with van der Waals surface area (Å²) in [7, 11) is 2.03. The number of halogens is 1. The van der Waals surface area contributed by atoms with Gasteiger partial charge in [0, 0.05) is 32.5 Å². The molecular weight excluding hydrogens is 198 g/mol. The minimum Gasteiger partial charge on any atom is -0.372 e. The second-order valence-corrected chi connectivity index (χ2v) is 3.51. The van der Waals surface area contributed by atoms with Crippen LogP contribution in [0.5, 0.6) is 0 Å². The summed E-state index contributed by atoms with van der Waals surface area (Å²) in [5.41, 5.74) is 1.03. The van der Waals surface area contributed by atoms with Gasteiger partial charge in [0.2, 0.25) is 0 Å². The van der Waals surface area contributed by atoms with Gasteiger partial charge in [0.15, 0.2) is 0 Å². The molecule has 0 saturated heterocycles. The molecule has 0 spiro atoms. The summed E-state index contributed by atoms with van der Waals surface area (Å²) in [5.74, 6) is 0. The van der Waals surface area contributed by atoms with Gasteiger partial charge in [-0.05, 0) is 12.6 Å². The SMILES string of the molecule is CCNCCN(C)c1ccncc1Cl.